The van der Waals surface area contributed by atoms with Crippen LogP contribution in [0.25, 0.3) is 0 Å². The number of likely N-dealkylation sites (tertiary alicyclic amines) is 1. The molecule has 0 saturated carbocycles. The van der Waals surface area contributed by atoms with Crippen molar-refractivity contribution in [2.75, 3.05) is 25.0 Å². The van der Waals surface area contributed by atoms with Crippen LogP contribution >= 0.6 is 0 Å². The lowest BCUT2D eigenvalue weighted by Crippen LogP contribution is -2.57. The summed E-state index contributed by atoms with van der Waals surface area (Å²) in [5.74, 6) is 0.542. The number of carbonyl (C=O) groups is 2. The number of hydrogen-bond donors (Lipinski definition) is 2. The van der Waals surface area contributed by atoms with Crippen LogP contribution in [0.5, 0.6) is 5.75 Å². The number of benzene rings is 1. The number of fused-ring (bicyclic) bond motifs is 2. The van der Waals surface area contributed by atoms with E-state index >= 15 is 0 Å². The van der Waals surface area contributed by atoms with Crippen LogP contribution in [0.2, 0.25) is 0 Å². The van der Waals surface area contributed by atoms with Crippen molar-refractivity contribution >= 4 is 17.5 Å². The van der Waals surface area contributed by atoms with Crippen molar-refractivity contribution in [1.29, 1.82) is 0 Å². The molecule has 164 valence electrons. The predicted octanol–water partition coefficient (Wildman–Crippen LogP) is 1.89. The maximum Gasteiger partial charge on any atom is 0.258 e. The molecule has 1 aromatic carbocycles. The third-order valence-corrected chi connectivity index (χ3v) is 5.79. The van der Waals surface area contributed by atoms with Crippen molar-refractivity contribution in [1.82, 2.24) is 20.0 Å². The molecule has 2 atom stereocenters. The molecule has 2 N–H and O–H groups in total. The fourth-order valence-electron chi connectivity index (χ4n) is 4.33. The number of ether oxygens (including phenoxy) is 1. The van der Waals surface area contributed by atoms with Crippen molar-refractivity contribution in [3.8, 4) is 5.75 Å². The average Bonchev–Trinajstić information content (AvgIpc) is 3.15. The topological polar surface area (TPSA) is 88.5 Å². The maximum atomic E-state index is 12.6. The fraction of sp³-hybridized carbons (Fsp3) is 0.435. The Balaban J connectivity index is 1.47. The van der Waals surface area contributed by atoms with Gasteiger partial charge in [0.05, 0.1) is 18.4 Å². The molecule has 2 aromatic rings. The Morgan fingerprint density at radius 1 is 1.32 bits per heavy atom. The van der Waals surface area contributed by atoms with Crippen molar-refractivity contribution < 1.29 is 14.3 Å². The number of aryl methyl sites for hydroxylation is 1. The molecule has 0 radical (unpaired) electrons. The first kappa shape index (κ1) is 21.1. The van der Waals surface area contributed by atoms with Crippen LogP contribution in [0.3, 0.4) is 0 Å². The van der Waals surface area contributed by atoms with Crippen molar-refractivity contribution in [3.05, 3.63) is 54.4 Å². The summed E-state index contributed by atoms with van der Waals surface area (Å²) in [6.45, 7) is 1.09. The summed E-state index contributed by atoms with van der Waals surface area (Å²) in [5.41, 5.74) is 1.74. The zero-order valence-corrected chi connectivity index (χ0v) is 17.8. The van der Waals surface area contributed by atoms with Gasteiger partial charge in [0.1, 0.15) is 5.75 Å². The molecule has 31 heavy (non-hydrogen) atoms. The Morgan fingerprint density at radius 2 is 2.19 bits per heavy atom. The molecule has 1 saturated heterocycles. The standard InChI is InChI=1S/C23H29N5O3/c1-27-14-18(13-24-27)25-22(29)15-28-12-6-9-19-20(28)10-4-2-7-17-8-3-5-11-21(17)31-16-23(30)26-19/h2-5,8,11,13-14,19-20H,6-7,9-10,12,15-16H2,1H3,(H,25,29)(H,26,30)/b4-2+/t19-,20-/m1/s1. The first-order chi connectivity index (χ1) is 15.1. The van der Waals surface area contributed by atoms with Crippen LogP contribution in [-0.2, 0) is 23.1 Å². The van der Waals surface area contributed by atoms with E-state index in [4.69, 9.17) is 4.74 Å². The molecule has 8 heteroatoms. The van der Waals surface area contributed by atoms with E-state index < -0.39 is 0 Å². The number of aromatic nitrogens is 2. The van der Waals surface area contributed by atoms with Gasteiger partial charge in [-0.25, -0.2) is 0 Å². The lowest BCUT2D eigenvalue weighted by Gasteiger charge is -2.41. The molecule has 1 fully saturated rings. The van der Waals surface area contributed by atoms with Crippen LogP contribution in [0.1, 0.15) is 24.8 Å². The highest BCUT2D eigenvalue weighted by Crippen LogP contribution is 2.23. The first-order valence-electron chi connectivity index (χ1n) is 10.8. The van der Waals surface area contributed by atoms with E-state index in [1.807, 2.05) is 31.3 Å². The van der Waals surface area contributed by atoms with Crippen molar-refractivity contribution in [2.45, 2.75) is 37.8 Å². The van der Waals surface area contributed by atoms with E-state index in [-0.39, 0.29) is 37.0 Å². The fourth-order valence-corrected chi connectivity index (χ4v) is 4.33. The number of nitrogens with zero attached hydrogens (tertiary/aromatic N) is 3. The smallest absolute Gasteiger partial charge is 0.258 e. The van der Waals surface area contributed by atoms with Gasteiger partial charge in [-0.15, -0.1) is 0 Å². The van der Waals surface area contributed by atoms with Gasteiger partial charge in [0.25, 0.3) is 5.91 Å². The molecule has 0 spiro atoms. The van der Waals surface area contributed by atoms with Gasteiger partial charge in [0, 0.05) is 25.3 Å². The second kappa shape index (κ2) is 9.78. The molecular weight excluding hydrogens is 394 g/mol. The zero-order chi connectivity index (χ0) is 21.6. The number of rotatable bonds is 3. The average molecular weight is 424 g/mol. The highest BCUT2D eigenvalue weighted by molar-refractivity contribution is 5.92. The second-order valence-corrected chi connectivity index (χ2v) is 8.11. The number of piperidine rings is 1. The summed E-state index contributed by atoms with van der Waals surface area (Å²) in [7, 11) is 1.81. The number of para-hydroxylation sites is 1. The second-order valence-electron chi connectivity index (χ2n) is 8.11. The predicted molar refractivity (Wildman–Crippen MR) is 118 cm³/mol. The van der Waals surface area contributed by atoms with E-state index in [1.54, 1.807) is 17.1 Å². The van der Waals surface area contributed by atoms with Gasteiger partial charge in [-0.2, -0.15) is 5.10 Å². The highest BCUT2D eigenvalue weighted by atomic mass is 16.5. The summed E-state index contributed by atoms with van der Waals surface area (Å²) in [5, 5.41) is 10.1. The van der Waals surface area contributed by atoms with Crippen molar-refractivity contribution in [3.63, 3.8) is 0 Å². The van der Waals surface area contributed by atoms with Crippen LogP contribution in [0, 0.1) is 0 Å². The lowest BCUT2D eigenvalue weighted by atomic mass is 9.92. The summed E-state index contributed by atoms with van der Waals surface area (Å²) < 4.78 is 7.43. The molecule has 2 aliphatic rings. The van der Waals surface area contributed by atoms with E-state index in [1.165, 1.54) is 0 Å². The SMILES string of the molecule is Cn1cc(NC(=O)CN2CCC[C@H]3NC(=O)COc4ccccc4C/C=C/C[C@H]32)cn1. The van der Waals surface area contributed by atoms with E-state index in [0.717, 1.165) is 43.5 Å². The van der Waals surface area contributed by atoms with Crippen LogP contribution < -0.4 is 15.4 Å². The van der Waals surface area contributed by atoms with E-state index in [9.17, 15) is 9.59 Å². The number of nitrogens with one attached hydrogen (secondary N) is 2. The minimum atomic E-state index is -0.129. The number of carbonyl (C=O) groups excluding carboxylic acids is 2. The third kappa shape index (κ3) is 5.52. The summed E-state index contributed by atoms with van der Waals surface area (Å²) in [6.07, 6.45) is 11.0. The first-order valence-corrected chi connectivity index (χ1v) is 10.8. The van der Waals surface area contributed by atoms with Crippen molar-refractivity contribution in [2.24, 2.45) is 7.05 Å². The quantitative estimate of drug-likeness (QED) is 0.736. The summed E-state index contributed by atoms with van der Waals surface area (Å²) >= 11 is 0. The normalized spacial score (nSPS) is 23.2. The van der Waals surface area contributed by atoms with Crippen LogP contribution in [-0.4, -0.2) is 58.3 Å². The number of allylic oxidation sites excluding steroid dienone is 1. The van der Waals surface area contributed by atoms with Gasteiger partial charge < -0.3 is 15.4 Å². The molecule has 3 heterocycles. The van der Waals surface area contributed by atoms with Gasteiger partial charge in [-0.1, -0.05) is 30.4 Å². The van der Waals surface area contributed by atoms with Gasteiger partial charge in [-0.05, 0) is 43.9 Å². The number of amides is 2. The van der Waals surface area contributed by atoms with Gasteiger partial charge in [0.15, 0.2) is 6.61 Å². The number of hydrogen-bond acceptors (Lipinski definition) is 5. The van der Waals surface area contributed by atoms with Crippen LogP contribution in [0.15, 0.2) is 48.8 Å². The zero-order valence-electron chi connectivity index (χ0n) is 17.8. The van der Waals surface area contributed by atoms with Gasteiger partial charge >= 0.3 is 0 Å². The molecular formula is C23H29N5O3. The molecule has 0 bridgehead atoms. The largest absolute Gasteiger partial charge is 0.483 e. The number of anilines is 1. The minimum Gasteiger partial charge on any atom is -0.483 e. The Labute approximate surface area is 182 Å². The molecule has 8 nitrogen and oxygen atoms in total. The molecule has 2 aliphatic heterocycles. The summed E-state index contributed by atoms with van der Waals surface area (Å²) in [6, 6.07) is 7.84. The molecule has 0 unspecified atom stereocenters. The Kier molecular flexibility index (Phi) is 6.66. The molecule has 1 aromatic heterocycles. The Morgan fingerprint density at radius 3 is 3.03 bits per heavy atom. The van der Waals surface area contributed by atoms with E-state index in [0.29, 0.717) is 5.69 Å². The van der Waals surface area contributed by atoms with E-state index in [2.05, 4.69) is 32.8 Å². The minimum absolute atomic E-state index is 0.00849. The molecule has 2 amide bonds. The highest BCUT2D eigenvalue weighted by Gasteiger charge is 2.33. The van der Waals surface area contributed by atoms with Gasteiger partial charge in [-0.3, -0.25) is 19.2 Å². The lowest BCUT2D eigenvalue weighted by molar-refractivity contribution is -0.124. The Hall–Kier alpha value is -3.13. The van der Waals surface area contributed by atoms with Gasteiger partial charge in [0.2, 0.25) is 5.91 Å². The Bertz CT molecular complexity index is 954. The molecule has 4 rings (SSSR count). The monoisotopic (exact) mass is 423 g/mol. The third-order valence-electron chi connectivity index (χ3n) is 5.79. The summed E-state index contributed by atoms with van der Waals surface area (Å²) in [4.78, 5) is 27.4. The molecule has 0 aliphatic carbocycles. The maximum absolute atomic E-state index is 12.6. The van der Waals surface area contributed by atoms with Crippen LogP contribution in [0.4, 0.5) is 5.69 Å².